The van der Waals surface area contributed by atoms with E-state index in [9.17, 15) is 4.79 Å². The number of piperidine rings is 1. The van der Waals surface area contributed by atoms with E-state index in [1.54, 1.807) is 17.0 Å². The fraction of sp³-hybridized carbons (Fsp3) is 0.500. The van der Waals surface area contributed by atoms with E-state index in [1.165, 1.54) is 0 Å². The molecule has 0 aliphatic carbocycles. The highest BCUT2D eigenvalue weighted by Gasteiger charge is 2.40. The molecule has 1 aromatic carbocycles. The van der Waals surface area contributed by atoms with Gasteiger partial charge >= 0.3 is 6.03 Å². The summed E-state index contributed by atoms with van der Waals surface area (Å²) in [7, 11) is 0. The summed E-state index contributed by atoms with van der Waals surface area (Å²) >= 11 is 9.45. The van der Waals surface area contributed by atoms with Crippen LogP contribution in [0, 0.1) is 0 Å². The van der Waals surface area contributed by atoms with Gasteiger partial charge in [-0.25, -0.2) is 4.79 Å². The SMILES string of the molecule is O=C(Nc1ccc(Br)cc1Cl)N1CCC2(CC1)OCCO2. The fourth-order valence-corrected chi connectivity index (χ4v) is 3.34. The van der Waals surface area contributed by atoms with Gasteiger partial charge in [0.15, 0.2) is 5.79 Å². The number of nitrogens with zero attached hydrogens (tertiary/aromatic N) is 1. The molecule has 3 rings (SSSR count). The minimum absolute atomic E-state index is 0.146. The lowest BCUT2D eigenvalue weighted by molar-refractivity contribution is -0.181. The van der Waals surface area contributed by atoms with Crippen molar-refractivity contribution in [3.63, 3.8) is 0 Å². The lowest BCUT2D eigenvalue weighted by Gasteiger charge is -2.37. The molecule has 21 heavy (non-hydrogen) atoms. The second-order valence-electron chi connectivity index (χ2n) is 5.15. The number of anilines is 1. The summed E-state index contributed by atoms with van der Waals surface area (Å²) in [6.07, 6.45) is 1.41. The van der Waals surface area contributed by atoms with Gasteiger partial charge in [-0.3, -0.25) is 0 Å². The first-order valence-electron chi connectivity index (χ1n) is 6.87. The van der Waals surface area contributed by atoms with Gasteiger partial charge in [-0.05, 0) is 18.2 Å². The maximum atomic E-state index is 12.3. The standard InChI is InChI=1S/C14H16BrClN2O3/c15-10-1-2-12(11(16)9-10)17-13(19)18-5-3-14(4-6-18)20-7-8-21-14/h1-2,9H,3-8H2,(H,17,19). The molecule has 0 unspecified atom stereocenters. The van der Waals surface area contributed by atoms with Crippen molar-refractivity contribution in [2.24, 2.45) is 0 Å². The number of halogens is 2. The summed E-state index contributed by atoms with van der Waals surface area (Å²) in [5.74, 6) is -0.466. The van der Waals surface area contributed by atoms with Crippen LogP contribution in [0.25, 0.3) is 0 Å². The molecule has 0 saturated carbocycles. The Morgan fingerprint density at radius 3 is 2.57 bits per heavy atom. The summed E-state index contributed by atoms with van der Waals surface area (Å²) < 4.78 is 12.2. The van der Waals surface area contributed by atoms with Crippen molar-refractivity contribution >= 4 is 39.2 Å². The van der Waals surface area contributed by atoms with Gasteiger partial charge < -0.3 is 19.7 Å². The second kappa shape index (κ2) is 6.12. The zero-order valence-corrected chi connectivity index (χ0v) is 13.7. The molecule has 1 spiro atoms. The number of hydrogen-bond acceptors (Lipinski definition) is 3. The van der Waals surface area contributed by atoms with Gasteiger partial charge in [0.05, 0.1) is 23.9 Å². The number of likely N-dealkylation sites (tertiary alicyclic amines) is 1. The Labute approximate surface area is 136 Å². The Balaban J connectivity index is 1.59. The third-order valence-corrected chi connectivity index (χ3v) is 4.60. The van der Waals surface area contributed by atoms with E-state index in [1.807, 2.05) is 6.07 Å². The number of amides is 2. The highest BCUT2D eigenvalue weighted by molar-refractivity contribution is 9.10. The van der Waals surface area contributed by atoms with Crippen molar-refractivity contribution in [3.8, 4) is 0 Å². The van der Waals surface area contributed by atoms with Crippen LogP contribution in [0.15, 0.2) is 22.7 Å². The molecule has 2 saturated heterocycles. The van der Waals surface area contributed by atoms with Crippen molar-refractivity contribution in [1.29, 1.82) is 0 Å². The molecule has 0 atom stereocenters. The molecule has 0 bridgehead atoms. The topological polar surface area (TPSA) is 50.8 Å². The highest BCUT2D eigenvalue weighted by atomic mass is 79.9. The maximum absolute atomic E-state index is 12.3. The van der Waals surface area contributed by atoms with Gasteiger partial charge in [-0.15, -0.1) is 0 Å². The van der Waals surface area contributed by atoms with Crippen LogP contribution in [0.2, 0.25) is 5.02 Å². The van der Waals surface area contributed by atoms with E-state index < -0.39 is 5.79 Å². The van der Waals surface area contributed by atoms with Crippen LogP contribution in [-0.2, 0) is 9.47 Å². The molecule has 2 amide bonds. The minimum Gasteiger partial charge on any atom is -0.347 e. The molecule has 2 heterocycles. The van der Waals surface area contributed by atoms with Crippen molar-refractivity contribution in [2.75, 3.05) is 31.6 Å². The lowest BCUT2D eigenvalue weighted by atomic mass is 10.0. The number of nitrogens with one attached hydrogen (secondary N) is 1. The van der Waals surface area contributed by atoms with Crippen LogP contribution < -0.4 is 5.32 Å². The first-order chi connectivity index (χ1) is 10.1. The zero-order chi connectivity index (χ0) is 14.9. The molecule has 5 nitrogen and oxygen atoms in total. The van der Waals surface area contributed by atoms with Crippen LogP contribution in [0.4, 0.5) is 10.5 Å². The van der Waals surface area contributed by atoms with Gasteiger partial charge in [-0.1, -0.05) is 27.5 Å². The first-order valence-corrected chi connectivity index (χ1v) is 8.04. The molecule has 2 aliphatic heterocycles. The molecular weight excluding hydrogens is 360 g/mol. The largest absolute Gasteiger partial charge is 0.347 e. The van der Waals surface area contributed by atoms with Gasteiger partial charge in [0.25, 0.3) is 0 Å². The van der Waals surface area contributed by atoms with Gasteiger partial charge in [0.1, 0.15) is 0 Å². The number of urea groups is 1. The summed E-state index contributed by atoms with van der Waals surface area (Å²) in [5.41, 5.74) is 0.610. The quantitative estimate of drug-likeness (QED) is 0.817. The van der Waals surface area contributed by atoms with Crippen LogP contribution in [-0.4, -0.2) is 43.0 Å². The van der Waals surface area contributed by atoms with Crippen molar-refractivity contribution < 1.29 is 14.3 Å². The number of ether oxygens (including phenoxy) is 2. The number of carbonyl (C=O) groups excluding carboxylic acids is 1. The molecule has 1 N–H and O–H groups in total. The third-order valence-electron chi connectivity index (χ3n) is 3.80. The van der Waals surface area contributed by atoms with E-state index in [4.69, 9.17) is 21.1 Å². The van der Waals surface area contributed by atoms with E-state index in [0.717, 1.165) is 4.47 Å². The Hall–Kier alpha value is -0.820. The van der Waals surface area contributed by atoms with Crippen LogP contribution in [0.1, 0.15) is 12.8 Å². The van der Waals surface area contributed by atoms with E-state index >= 15 is 0 Å². The molecule has 1 aromatic rings. The van der Waals surface area contributed by atoms with Gasteiger partial charge in [-0.2, -0.15) is 0 Å². The van der Waals surface area contributed by atoms with E-state index in [0.29, 0.717) is 49.9 Å². The predicted octanol–water partition coefficient (Wildman–Crippen LogP) is 3.47. The second-order valence-corrected chi connectivity index (χ2v) is 6.47. The third kappa shape index (κ3) is 3.34. The Morgan fingerprint density at radius 1 is 1.29 bits per heavy atom. The van der Waals surface area contributed by atoms with Gasteiger partial charge in [0, 0.05) is 30.4 Å². The average Bonchev–Trinajstić information content (AvgIpc) is 2.91. The van der Waals surface area contributed by atoms with Crippen LogP contribution in [0.3, 0.4) is 0 Å². The molecule has 7 heteroatoms. The maximum Gasteiger partial charge on any atom is 0.321 e. The number of hydrogen-bond donors (Lipinski definition) is 1. The van der Waals surface area contributed by atoms with Crippen LogP contribution >= 0.6 is 27.5 Å². The van der Waals surface area contributed by atoms with Crippen molar-refractivity contribution in [2.45, 2.75) is 18.6 Å². The van der Waals surface area contributed by atoms with Crippen molar-refractivity contribution in [3.05, 3.63) is 27.7 Å². The molecule has 0 radical (unpaired) electrons. The summed E-state index contributed by atoms with van der Waals surface area (Å²) in [4.78, 5) is 14.0. The summed E-state index contributed by atoms with van der Waals surface area (Å²) in [6.45, 7) is 2.50. The average molecular weight is 376 g/mol. The molecule has 2 aliphatic rings. The number of carbonyl (C=O) groups is 1. The van der Waals surface area contributed by atoms with Gasteiger partial charge in [0.2, 0.25) is 0 Å². The molecule has 0 aromatic heterocycles. The molecular formula is C14H16BrClN2O3. The predicted molar refractivity (Wildman–Crippen MR) is 83.6 cm³/mol. The fourth-order valence-electron chi connectivity index (χ4n) is 2.62. The van der Waals surface area contributed by atoms with Crippen molar-refractivity contribution in [1.82, 2.24) is 4.90 Å². The molecule has 114 valence electrons. The zero-order valence-electron chi connectivity index (χ0n) is 11.4. The monoisotopic (exact) mass is 374 g/mol. The van der Waals surface area contributed by atoms with E-state index in [2.05, 4.69) is 21.2 Å². The highest BCUT2D eigenvalue weighted by Crippen LogP contribution is 2.32. The normalized spacial score (nSPS) is 20.8. The molecule has 2 fully saturated rings. The number of rotatable bonds is 1. The van der Waals surface area contributed by atoms with E-state index in [-0.39, 0.29) is 6.03 Å². The number of benzene rings is 1. The Bertz CT molecular complexity index is 539. The first kappa shape index (κ1) is 15.1. The summed E-state index contributed by atoms with van der Waals surface area (Å²) in [5, 5.41) is 3.35. The Kier molecular flexibility index (Phi) is 4.40. The smallest absolute Gasteiger partial charge is 0.321 e. The van der Waals surface area contributed by atoms with Crippen LogP contribution in [0.5, 0.6) is 0 Å². The minimum atomic E-state index is -0.466. The summed E-state index contributed by atoms with van der Waals surface area (Å²) in [6, 6.07) is 5.22. The Morgan fingerprint density at radius 2 is 1.95 bits per heavy atom. The lowest BCUT2D eigenvalue weighted by Crippen LogP contribution is -2.48.